The molecule has 3 aromatic rings. The average Bonchev–Trinajstić information content (AvgIpc) is 2.97. The van der Waals surface area contributed by atoms with E-state index in [0.29, 0.717) is 24.2 Å². The lowest BCUT2D eigenvalue weighted by Crippen LogP contribution is -2.15. The van der Waals surface area contributed by atoms with E-state index < -0.39 is 5.91 Å². The van der Waals surface area contributed by atoms with E-state index in [1.54, 1.807) is 24.3 Å². The zero-order valence-corrected chi connectivity index (χ0v) is 12.5. The molecular weight excluding hydrogens is 290 g/mol. The van der Waals surface area contributed by atoms with E-state index in [0.717, 1.165) is 10.9 Å². The SMILES string of the molecule is NC(=O)c1ccc(NC(=O)CCn2ccc3ccccc32)cc1. The standard InChI is InChI=1S/C18H17N3O2/c19-18(23)14-5-7-15(8-6-14)20-17(22)10-12-21-11-9-13-3-1-2-4-16(13)21/h1-9,11H,10,12H2,(H2,19,23)(H,20,22). The number of benzene rings is 2. The van der Waals surface area contributed by atoms with Crippen molar-refractivity contribution in [2.75, 3.05) is 5.32 Å². The molecule has 0 bridgehead atoms. The molecule has 5 nitrogen and oxygen atoms in total. The summed E-state index contributed by atoms with van der Waals surface area (Å²) in [7, 11) is 0. The maximum absolute atomic E-state index is 12.0. The topological polar surface area (TPSA) is 77.1 Å². The molecule has 0 atom stereocenters. The van der Waals surface area contributed by atoms with Crippen molar-refractivity contribution in [2.45, 2.75) is 13.0 Å². The van der Waals surface area contributed by atoms with Crippen LogP contribution in [0.15, 0.2) is 60.8 Å². The van der Waals surface area contributed by atoms with Gasteiger partial charge in [-0.25, -0.2) is 0 Å². The van der Waals surface area contributed by atoms with E-state index in [-0.39, 0.29) is 5.91 Å². The smallest absolute Gasteiger partial charge is 0.248 e. The van der Waals surface area contributed by atoms with Gasteiger partial charge in [0.2, 0.25) is 11.8 Å². The lowest BCUT2D eigenvalue weighted by molar-refractivity contribution is -0.116. The Labute approximate surface area is 133 Å². The zero-order valence-electron chi connectivity index (χ0n) is 12.5. The number of aryl methyl sites for hydroxylation is 1. The number of aromatic nitrogens is 1. The molecule has 0 aliphatic carbocycles. The van der Waals surface area contributed by atoms with Crippen LogP contribution < -0.4 is 11.1 Å². The van der Waals surface area contributed by atoms with Gasteiger partial charge < -0.3 is 15.6 Å². The number of nitrogens with two attached hydrogens (primary N) is 1. The van der Waals surface area contributed by atoms with Crippen molar-refractivity contribution in [1.82, 2.24) is 4.57 Å². The van der Waals surface area contributed by atoms with Crippen LogP contribution in [0.1, 0.15) is 16.8 Å². The van der Waals surface area contributed by atoms with E-state index in [2.05, 4.69) is 9.88 Å². The fourth-order valence-corrected chi connectivity index (χ4v) is 2.50. The Kier molecular flexibility index (Phi) is 4.10. The summed E-state index contributed by atoms with van der Waals surface area (Å²) < 4.78 is 2.06. The van der Waals surface area contributed by atoms with Crippen LogP contribution in [0, 0.1) is 0 Å². The number of hydrogen-bond acceptors (Lipinski definition) is 2. The lowest BCUT2D eigenvalue weighted by Gasteiger charge is -2.07. The number of fused-ring (bicyclic) bond motifs is 1. The first-order valence-corrected chi connectivity index (χ1v) is 7.37. The van der Waals surface area contributed by atoms with Crippen LogP contribution in [0.3, 0.4) is 0 Å². The van der Waals surface area contributed by atoms with Gasteiger partial charge in [-0.2, -0.15) is 0 Å². The van der Waals surface area contributed by atoms with Crippen molar-refractivity contribution >= 4 is 28.4 Å². The van der Waals surface area contributed by atoms with Crippen LogP contribution >= 0.6 is 0 Å². The Morgan fingerprint density at radius 1 is 1.00 bits per heavy atom. The predicted molar refractivity (Wildman–Crippen MR) is 90.1 cm³/mol. The van der Waals surface area contributed by atoms with Crippen LogP contribution in [0.5, 0.6) is 0 Å². The monoisotopic (exact) mass is 307 g/mol. The van der Waals surface area contributed by atoms with E-state index in [1.165, 1.54) is 0 Å². The summed E-state index contributed by atoms with van der Waals surface area (Å²) in [5.74, 6) is -0.558. The Morgan fingerprint density at radius 2 is 1.74 bits per heavy atom. The lowest BCUT2D eigenvalue weighted by atomic mass is 10.2. The molecule has 3 rings (SSSR count). The fraction of sp³-hybridized carbons (Fsp3) is 0.111. The quantitative estimate of drug-likeness (QED) is 0.760. The highest BCUT2D eigenvalue weighted by Gasteiger charge is 2.06. The number of carbonyl (C=O) groups excluding carboxylic acids is 2. The van der Waals surface area contributed by atoms with Crippen molar-refractivity contribution in [3.63, 3.8) is 0 Å². The van der Waals surface area contributed by atoms with Gasteiger partial charge in [0.25, 0.3) is 0 Å². The summed E-state index contributed by atoms with van der Waals surface area (Å²) in [6, 6.07) is 16.6. The van der Waals surface area contributed by atoms with E-state index in [9.17, 15) is 9.59 Å². The van der Waals surface area contributed by atoms with Gasteiger partial charge in [0.1, 0.15) is 0 Å². The summed E-state index contributed by atoms with van der Waals surface area (Å²) in [6.45, 7) is 0.610. The predicted octanol–water partition coefficient (Wildman–Crippen LogP) is 2.77. The summed E-state index contributed by atoms with van der Waals surface area (Å²) in [5.41, 5.74) is 7.37. The van der Waals surface area contributed by atoms with Crippen LogP contribution in [0.4, 0.5) is 5.69 Å². The highest BCUT2D eigenvalue weighted by molar-refractivity contribution is 5.94. The van der Waals surface area contributed by atoms with Gasteiger partial charge >= 0.3 is 0 Å². The molecule has 0 unspecified atom stereocenters. The van der Waals surface area contributed by atoms with E-state index in [4.69, 9.17) is 5.73 Å². The highest BCUT2D eigenvalue weighted by atomic mass is 16.2. The average molecular weight is 307 g/mol. The van der Waals surface area contributed by atoms with Gasteiger partial charge in [0.15, 0.2) is 0 Å². The second-order valence-electron chi connectivity index (χ2n) is 5.31. The first-order chi connectivity index (χ1) is 11.1. The molecule has 0 radical (unpaired) electrons. The van der Waals surface area contributed by atoms with Crippen LogP contribution in [-0.2, 0) is 11.3 Å². The Bertz CT molecular complexity index is 850. The summed E-state index contributed by atoms with van der Waals surface area (Å²) >= 11 is 0. The second-order valence-corrected chi connectivity index (χ2v) is 5.31. The van der Waals surface area contributed by atoms with Gasteiger partial charge in [0.05, 0.1) is 0 Å². The van der Waals surface area contributed by atoms with Crippen LogP contribution in [-0.4, -0.2) is 16.4 Å². The largest absolute Gasteiger partial charge is 0.366 e. The molecule has 0 aliphatic rings. The number of nitrogens with one attached hydrogen (secondary N) is 1. The molecule has 0 aliphatic heterocycles. The van der Waals surface area contributed by atoms with Gasteiger partial charge in [0, 0.05) is 35.9 Å². The first kappa shape index (κ1) is 14.8. The van der Waals surface area contributed by atoms with Gasteiger partial charge in [-0.05, 0) is 41.8 Å². The number of nitrogens with zero attached hydrogens (tertiary/aromatic N) is 1. The highest BCUT2D eigenvalue weighted by Crippen LogP contribution is 2.16. The third-order valence-electron chi connectivity index (χ3n) is 3.71. The molecular formula is C18H17N3O2. The maximum Gasteiger partial charge on any atom is 0.248 e. The molecule has 2 amide bonds. The van der Waals surface area contributed by atoms with Gasteiger partial charge in [-0.1, -0.05) is 18.2 Å². The van der Waals surface area contributed by atoms with E-state index >= 15 is 0 Å². The summed E-state index contributed by atoms with van der Waals surface area (Å²) in [5, 5.41) is 3.98. The van der Waals surface area contributed by atoms with Crippen molar-refractivity contribution < 1.29 is 9.59 Å². The van der Waals surface area contributed by atoms with Crippen LogP contribution in [0.2, 0.25) is 0 Å². The molecule has 23 heavy (non-hydrogen) atoms. The number of carbonyl (C=O) groups is 2. The molecule has 0 saturated heterocycles. The number of amides is 2. The fourth-order valence-electron chi connectivity index (χ4n) is 2.50. The third-order valence-corrected chi connectivity index (χ3v) is 3.71. The molecule has 5 heteroatoms. The number of anilines is 1. The molecule has 116 valence electrons. The first-order valence-electron chi connectivity index (χ1n) is 7.37. The van der Waals surface area contributed by atoms with E-state index in [1.807, 2.05) is 36.5 Å². The molecule has 0 spiro atoms. The normalized spacial score (nSPS) is 10.6. The number of primary amides is 1. The van der Waals surface area contributed by atoms with Crippen molar-refractivity contribution in [3.05, 3.63) is 66.4 Å². The molecule has 2 aromatic carbocycles. The molecule has 1 heterocycles. The van der Waals surface area contributed by atoms with Gasteiger partial charge in [-0.15, -0.1) is 0 Å². The minimum absolute atomic E-state index is 0.0744. The minimum atomic E-state index is -0.484. The molecule has 0 fully saturated rings. The number of para-hydroxylation sites is 1. The second kappa shape index (κ2) is 6.36. The minimum Gasteiger partial charge on any atom is -0.366 e. The molecule has 1 aromatic heterocycles. The van der Waals surface area contributed by atoms with Crippen molar-refractivity contribution in [3.8, 4) is 0 Å². The van der Waals surface area contributed by atoms with Crippen molar-refractivity contribution in [2.24, 2.45) is 5.73 Å². The maximum atomic E-state index is 12.0. The Morgan fingerprint density at radius 3 is 2.48 bits per heavy atom. The number of rotatable bonds is 5. The molecule has 3 N–H and O–H groups in total. The van der Waals surface area contributed by atoms with Crippen LogP contribution in [0.25, 0.3) is 10.9 Å². The summed E-state index contributed by atoms with van der Waals surface area (Å²) in [4.78, 5) is 23.1. The zero-order chi connectivity index (χ0) is 16.2. The Hall–Kier alpha value is -3.08. The Balaban J connectivity index is 1.60. The summed E-state index contributed by atoms with van der Waals surface area (Å²) in [6.07, 6.45) is 2.36. The van der Waals surface area contributed by atoms with Crippen molar-refractivity contribution in [1.29, 1.82) is 0 Å². The third kappa shape index (κ3) is 3.40. The molecule has 0 saturated carbocycles. The van der Waals surface area contributed by atoms with Gasteiger partial charge in [-0.3, -0.25) is 9.59 Å². The number of hydrogen-bond donors (Lipinski definition) is 2.